The number of fused-ring (bicyclic) bond motifs is 1. The minimum absolute atomic E-state index is 0.0657. The SMILES string of the molecule is C=C(I)C[C@H](Cl)CC[C@]12O[C@H]3[C@H]4O[C@@H](CC)CC[C@@H]4OC4[C@@H]3OC3(O[C@@H](c5ccc(OC)cc5)O[C@H]31)[C@H]4O2.O=C=O. The molecule has 7 aliphatic rings. The van der Waals surface area contributed by atoms with Crippen LogP contribution in [0.4, 0.5) is 0 Å². The highest BCUT2D eigenvalue weighted by Crippen LogP contribution is 2.64. The van der Waals surface area contributed by atoms with Gasteiger partial charge in [-0.05, 0) is 70.4 Å². The van der Waals surface area contributed by atoms with Gasteiger partial charge in [-0.2, -0.15) is 9.59 Å². The molecule has 7 fully saturated rings. The van der Waals surface area contributed by atoms with Crippen LogP contribution in [0.15, 0.2) is 34.4 Å². The van der Waals surface area contributed by atoms with E-state index in [1.165, 1.54) is 0 Å². The van der Waals surface area contributed by atoms with Gasteiger partial charge < -0.3 is 37.9 Å². The fourth-order valence-electron chi connectivity index (χ4n) is 7.09. The molecule has 10 nitrogen and oxygen atoms in total. The molecular weight excluding hydrogens is 671 g/mol. The first-order valence-electron chi connectivity index (χ1n) is 14.1. The van der Waals surface area contributed by atoms with Crippen LogP contribution in [0.1, 0.15) is 57.3 Å². The van der Waals surface area contributed by atoms with E-state index in [1.54, 1.807) is 7.11 Å². The number of rotatable bonds is 8. The summed E-state index contributed by atoms with van der Waals surface area (Å²) in [5.41, 5.74) is 0.873. The van der Waals surface area contributed by atoms with E-state index in [4.69, 9.17) is 59.1 Å². The lowest BCUT2D eigenvalue weighted by Crippen LogP contribution is -2.62. The Kier molecular flexibility index (Phi) is 8.58. The van der Waals surface area contributed by atoms with Gasteiger partial charge in [0.25, 0.3) is 0 Å². The highest BCUT2D eigenvalue weighted by atomic mass is 127. The smallest absolute Gasteiger partial charge is 0.373 e. The van der Waals surface area contributed by atoms with Gasteiger partial charge in [0.1, 0.15) is 36.3 Å². The minimum atomic E-state index is -1.14. The summed E-state index contributed by atoms with van der Waals surface area (Å²) in [5, 5.41) is -0.103. The van der Waals surface area contributed by atoms with Crippen LogP contribution in [0, 0.1) is 0 Å². The van der Waals surface area contributed by atoms with Crippen molar-refractivity contribution in [3.8, 4) is 5.75 Å². The number of alkyl halides is 1. The zero-order chi connectivity index (χ0) is 28.9. The first-order valence-corrected chi connectivity index (χ1v) is 15.6. The third-order valence-corrected chi connectivity index (χ3v) is 9.69. The number of ether oxygens (including phenoxy) is 8. The Morgan fingerprint density at radius 3 is 2.49 bits per heavy atom. The van der Waals surface area contributed by atoms with Crippen LogP contribution in [0.25, 0.3) is 0 Å². The fraction of sp³-hybridized carbons (Fsp3) is 0.690. The molecule has 1 spiro atoms. The first kappa shape index (κ1) is 29.9. The maximum atomic E-state index is 8.12. The molecule has 12 atom stereocenters. The lowest BCUT2D eigenvalue weighted by atomic mass is 9.86. The molecule has 41 heavy (non-hydrogen) atoms. The van der Waals surface area contributed by atoms with Gasteiger partial charge in [0.05, 0.1) is 19.3 Å². The topological polar surface area (TPSA) is 108 Å². The van der Waals surface area contributed by atoms with Crippen LogP contribution >= 0.6 is 34.2 Å². The van der Waals surface area contributed by atoms with Crippen LogP contribution < -0.4 is 4.74 Å². The van der Waals surface area contributed by atoms with Gasteiger partial charge in [-0.3, -0.25) is 0 Å². The van der Waals surface area contributed by atoms with Crippen molar-refractivity contribution in [1.82, 2.24) is 0 Å². The second-order valence-electron chi connectivity index (χ2n) is 11.3. The molecule has 0 aromatic heterocycles. The van der Waals surface area contributed by atoms with Crippen molar-refractivity contribution in [3.63, 3.8) is 0 Å². The molecule has 12 heteroatoms. The van der Waals surface area contributed by atoms with E-state index in [0.717, 1.165) is 34.2 Å². The quantitative estimate of drug-likeness (QED) is 0.282. The maximum absolute atomic E-state index is 8.12. The Morgan fingerprint density at radius 1 is 1.07 bits per heavy atom. The average molecular weight is 705 g/mol. The summed E-state index contributed by atoms with van der Waals surface area (Å²) in [6, 6.07) is 7.68. The van der Waals surface area contributed by atoms with E-state index in [1.807, 2.05) is 24.3 Å². The summed E-state index contributed by atoms with van der Waals surface area (Å²) >= 11 is 8.95. The first-order chi connectivity index (χ1) is 19.8. The van der Waals surface area contributed by atoms with Crippen molar-refractivity contribution in [2.75, 3.05) is 7.11 Å². The predicted octanol–water partition coefficient (Wildman–Crippen LogP) is 4.57. The normalized spacial score (nSPS) is 43.7. The lowest BCUT2D eigenvalue weighted by molar-refractivity contribution is -0.328. The number of hydrogen-bond acceptors (Lipinski definition) is 10. The molecule has 0 N–H and O–H groups in total. The van der Waals surface area contributed by atoms with Crippen LogP contribution in [-0.2, 0) is 42.7 Å². The lowest BCUT2D eigenvalue weighted by Gasteiger charge is -2.47. The Balaban J connectivity index is 0.000000967. The summed E-state index contributed by atoms with van der Waals surface area (Å²) in [7, 11) is 1.65. The molecule has 7 aliphatic heterocycles. The summed E-state index contributed by atoms with van der Waals surface area (Å²) in [6.45, 7) is 6.17. The third-order valence-electron chi connectivity index (χ3n) is 8.88. The fourth-order valence-corrected chi connectivity index (χ4v) is 8.18. The van der Waals surface area contributed by atoms with Gasteiger partial charge in [-0.25, -0.2) is 0 Å². The molecule has 8 rings (SSSR count). The van der Waals surface area contributed by atoms with Crippen molar-refractivity contribution in [2.24, 2.45) is 0 Å². The summed E-state index contributed by atoms with van der Waals surface area (Å²) in [4.78, 5) is 16.2. The van der Waals surface area contributed by atoms with Crippen LogP contribution in [0.2, 0.25) is 0 Å². The number of methoxy groups -OCH3 is 1. The van der Waals surface area contributed by atoms with Crippen LogP contribution in [0.5, 0.6) is 5.75 Å². The monoisotopic (exact) mass is 704 g/mol. The summed E-state index contributed by atoms with van der Waals surface area (Å²) < 4.78 is 53.5. The molecular formula is C29H34ClIO10. The second kappa shape index (κ2) is 11.8. The molecule has 2 unspecified atom stereocenters. The number of halogens is 2. The number of carbonyl (C=O) groups excluding carboxylic acids is 2. The van der Waals surface area contributed by atoms with Crippen molar-refractivity contribution < 1.29 is 47.5 Å². The number of hydrogen-bond donors (Lipinski definition) is 0. The third kappa shape index (κ3) is 5.09. The van der Waals surface area contributed by atoms with E-state index >= 15 is 0 Å². The van der Waals surface area contributed by atoms with Crippen molar-refractivity contribution in [2.45, 2.75) is 118 Å². The molecule has 224 valence electrons. The number of allylic oxidation sites excluding steroid dienone is 1. The van der Waals surface area contributed by atoms with E-state index < -0.39 is 30.1 Å². The Morgan fingerprint density at radius 2 is 1.80 bits per heavy atom. The molecule has 0 saturated carbocycles. The standard InChI is InChI=1S/C28H34ClIO8.CO2/c1-4-17-9-10-19-20(32-17)21-22-23(33-19)24-28(36-22)26(27(35-21,37-24)12-11-16(29)13-14(2)30)34-25(38-28)15-5-7-18(31-3)8-6-15;2-1-3/h5-8,16-17,19-26H,2,4,9-13H2,1,3H3;/t16-,17+,19+,20+,21+,22-,23?,24+,25+,26+,27-,28?;/m1./s1. The summed E-state index contributed by atoms with van der Waals surface area (Å²) in [6.07, 6.45) is 2.11. The van der Waals surface area contributed by atoms with Gasteiger partial charge in [0.15, 0.2) is 12.4 Å². The highest BCUT2D eigenvalue weighted by Gasteiger charge is 2.83. The summed E-state index contributed by atoms with van der Waals surface area (Å²) in [5.74, 6) is -1.47. The predicted molar refractivity (Wildman–Crippen MR) is 150 cm³/mol. The van der Waals surface area contributed by atoms with Crippen LogP contribution in [0.3, 0.4) is 0 Å². The zero-order valence-corrected chi connectivity index (χ0v) is 25.8. The van der Waals surface area contributed by atoms with Gasteiger partial charge in [-0.1, -0.05) is 25.6 Å². The van der Waals surface area contributed by atoms with Crippen molar-refractivity contribution in [1.29, 1.82) is 0 Å². The maximum Gasteiger partial charge on any atom is 0.373 e. The van der Waals surface area contributed by atoms with Crippen LogP contribution in [-0.4, -0.2) is 79.0 Å². The Bertz CT molecular complexity index is 1160. The van der Waals surface area contributed by atoms with Crippen molar-refractivity contribution >= 4 is 40.3 Å². The molecule has 1 aromatic carbocycles. The van der Waals surface area contributed by atoms with E-state index in [2.05, 4.69) is 36.1 Å². The van der Waals surface area contributed by atoms with Gasteiger partial charge in [0, 0.05) is 17.4 Å². The molecule has 1 aromatic rings. The molecule has 6 bridgehead atoms. The zero-order valence-electron chi connectivity index (χ0n) is 22.9. The van der Waals surface area contributed by atoms with Gasteiger partial charge in [0.2, 0.25) is 11.6 Å². The van der Waals surface area contributed by atoms with Crippen molar-refractivity contribution in [3.05, 3.63) is 40.0 Å². The number of benzene rings is 1. The molecule has 7 heterocycles. The molecule has 0 aliphatic carbocycles. The highest BCUT2D eigenvalue weighted by molar-refractivity contribution is 14.1. The molecule has 0 radical (unpaired) electrons. The Labute approximate surface area is 257 Å². The molecule has 0 amide bonds. The van der Waals surface area contributed by atoms with E-state index in [-0.39, 0.29) is 48.2 Å². The Hall–Kier alpha value is -1.12. The average Bonchev–Trinajstić information content (AvgIpc) is 3.51. The van der Waals surface area contributed by atoms with Gasteiger partial charge in [-0.15, -0.1) is 11.6 Å². The largest absolute Gasteiger partial charge is 0.497 e. The van der Waals surface area contributed by atoms with E-state index in [0.29, 0.717) is 19.3 Å². The molecule has 7 saturated heterocycles. The van der Waals surface area contributed by atoms with Gasteiger partial charge >= 0.3 is 6.15 Å². The van der Waals surface area contributed by atoms with E-state index in [9.17, 15) is 0 Å². The second-order valence-corrected chi connectivity index (χ2v) is 13.4. The minimum Gasteiger partial charge on any atom is -0.497 e.